The van der Waals surface area contributed by atoms with E-state index in [9.17, 15) is 14.4 Å². The fourth-order valence-electron chi connectivity index (χ4n) is 2.99. The molecule has 1 fully saturated rings. The maximum Gasteiger partial charge on any atom is 0.357 e. The van der Waals surface area contributed by atoms with Gasteiger partial charge >= 0.3 is 11.9 Å². The third kappa shape index (κ3) is 5.86. The summed E-state index contributed by atoms with van der Waals surface area (Å²) in [6.07, 6.45) is 0. The van der Waals surface area contributed by atoms with Crippen molar-refractivity contribution in [1.29, 1.82) is 0 Å². The van der Waals surface area contributed by atoms with Crippen LogP contribution in [0.4, 0.5) is 0 Å². The van der Waals surface area contributed by atoms with Crippen molar-refractivity contribution in [3.8, 4) is 0 Å². The molecule has 33 heavy (non-hydrogen) atoms. The SMILES string of the molecule is CN(C)CCn1nnnc1SCC1=C(C(=O)OCOC(=O)C(C)(C)C)N2C(=O)C(N)[C@@H]2SC1. The van der Waals surface area contributed by atoms with Crippen LogP contribution >= 0.6 is 23.5 Å². The van der Waals surface area contributed by atoms with E-state index in [-0.39, 0.29) is 17.0 Å². The summed E-state index contributed by atoms with van der Waals surface area (Å²) in [4.78, 5) is 40.7. The number of tetrazole rings is 1. The Morgan fingerprint density at radius 1 is 1.30 bits per heavy atom. The second-order valence-electron chi connectivity index (χ2n) is 8.90. The zero-order chi connectivity index (χ0) is 24.3. The number of ether oxygens (including phenoxy) is 2. The van der Waals surface area contributed by atoms with Gasteiger partial charge in [-0.25, -0.2) is 9.48 Å². The number of thioether (sulfide) groups is 2. The van der Waals surface area contributed by atoms with Gasteiger partial charge in [-0.15, -0.1) is 16.9 Å². The summed E-state index contributed by atoms with van der Waals surface area (Å²) in [5.74, 6) is -0.688. The number of hydrogen-bond donors (Lipinski definition) is 1. The fourth-order valence-corrected chi connectivity index (χ4v) is 5.32. The molecule has 1 aromatic rings. The normalized spacial score (nSPS) is 20.6. The minimum atomic E-state index is -0.731. The first-order valence-electron chi connectivity index (χ1n) is 10.3. The van der Waals surface area contributed by atoms with Gasteiger partial charge in [0.2, 0.25) is 17.9 Å². The van der Waals surface area contributed by atoms with Crippen LogP contribution in [0, 0.1) is 5.41 Å². The largest absolute Gasteiger partial charge is 0.427 e. The minimum absolute atomic E-state index is 0.150. The number of nitrogens with zero attached hydrogens (tertiary/aromatic N) is 6. The molecule has 182 valence electrons. The molecule has 2 N–H and O–H groups in total. The molecule has 0 aliphatic carbocycles. The van der Waals surface area contributed by atoms with Crippen molar-refractivity contribution >= 4 is 41.4 Å². The van der Waals surface area contributed by atoms with Crippen molar-refractivity contribution in [2.75, 3.05) is 38.9 Å². The second-order valence-corrected chi connectivity index (χ2v) is 10.9. The van der Waals surface area contributed by atoms with E-state index >= 15 is 0 Å². The lowest BCUT2D eigenvalue weighted by Gasteiger charge is -2.48. The first kappa shape index (κ1) is 25.5. The summed E-state index contributed by atoms with van der Waals surface area (Å²) >= 11 is 2.86. The number of likely N-dealkylation sites (N-methyl/N-ethyl adjacent to an activating group) is 1. The summed E-state index contributed by atoms with van der Waals surface area (Å²) < 4.78 is 11.9. The van der Waals surface area contributed by atoms with Crippen LogP contribution in [0.5, 0.6) is 0 Å². The molecule has 1 unspecified atom stereocenters. The summed E-state index contributed by atoms with van der Waals surface area (Å²) in [6, 6.07) is -0.663. The van der Waals surface area contributed by atoms with Crippen LogP contribution in [-0.2, 0) is 30.4 Å². The standard InChI is InChI=1S/C19H29N7O5S2/c1-19(2,3)17(29)31-10-30-16(28)13-11(8-32-15-12(20)14(27)26(13)15)9-33-18-21-22-23-25(18)7-6-24(4)5/h12,15H,6-10,20H2,1-5H3/t12?,15-/m0/s1. The number of carbonyl (C=O) groups excluding carboxylic acids is 3. The molecule has 12 nitrogen and oxygen atoms in total. The number of rotatable bonds is 9. The molecule has 3 rings (SSSR count). The van der Waals surface area contributed by atoms with Crippen molar-refractivity contribution in [2.45, 2.75) is 43.9 Å². The van der Waals surface area contributed by atoms with Gasteiger partial charge in [0, 0.05) is 18.1 Å². The Kier molecular flexibility index (Phi) is 8.03. The Balaban J connectivity index is 1.72. The Morgan fingerprint density at radius 3 is 2.70 bits per heavy atom. The van der Waals surface area contributed by atoms with Crippen molar-refractivity contribution in [3.05, 3.63) is 11.3 Å². The van der Waals surface area contributed by atoms with E-state index in [2.05, 4.69) is 15.5 Å². The van der Waals surface area contributed by atoms with E-state index in [0.29, 0.717) is 28.8 Å². The fraction of sp³-hybridized carbons (Fsp3) is 0.684. The van der Waals surface area contributed by atoms with Gasteiger partial charge in [-0.1, -0.05) is 11.8 Å². The summed E-state index contributed by atoms with van der Waals surface area (Å²) in [5, 5.41) is 12.1. The molecular weight excluding hydrogens is 470 g/mol. The molecule has 0 aromatic carbocycles. The number of fused-ring (bicyclic) bond motifs is 1. The average molecular weight is 500 g/mol. The van der Waals surface area contributed by atoms with Crippen LogP contribution in [0.1, 0.15) is 20.8 Å². The topological polar surface area (TPSA) is 146 Å². The number of hydrogen-bond acceptors (Lipinski definition) is 12. The number of nitrogens with two attached hydrogens (primary N) is 1. The predicted octanol–water partition coefficient (Wildman–Crippen LogP) is -0.0867. The van der Waals surface area contributed by atoms with Crippen LogP contribution in [0.3, 0.4) is 0 Å². The lowest BCUT2D eigenvalue weighted by molar-refractivity contribution is -0.173. The van der Waals surface area contributed by atoms with Crippen LogP contribution in [-0.4, -0.2) is 98.2 Å². The van der Waals surface area contributed by atoms with Gasteiger partial charge < -0.3 is 20.1 Å². The average Bonchev–Trinajstić information content (AvgIpc) is 3.21. The van der Waals surface area contributed by atoms with Crippen LogP contribution in [0.25, 0.3) is 0 Å². The van der Waals surface area contributed by atoms with Gasteiger partial charge in [0.05, 0.1) is 12.0 Å². The minimum Gasteiger partial charge on any atom is -0.427 e. The molecule has 0 spiro atoms. The van der Waals surface area contributed by atoms with Gasteiger partial charge in [-0.2, -0.15) is 0 Å². The molecule has 0 radical (unpaired) electrons. The molecule has 3 heterocycles. The van der Waals surface area contributed by atoms with Crippen LogP contribution < -0.4 is 5.73 Å². The van der Waals surface area contributed by atoms with E-state index in [1.165, 1.54) is 28.4 Å². The number of carbonyl (C=O) groups is 3. The van der Waals surface area contributed by atoms with Gasteiger partial charge in [-0.3, -0.25) is 14.5 Å². The molecule has 2 aliphatic heterocycles. The molecule has 0 bridgehead atoms. The van der Waals surface area contributed by atoms with E-state index in [1.807, 2.05) is 19.0 Å². The Bertz CT molecular complexity index is 943. The Morgan fingerprint density at radius 2 is 2.03 bits per heavy atom. The monoisotopic (exact) mass is 499 g/mol. The number of aromatic nitrogens is 4. The summed E-state index contributed by atoms with van der Waals surface area (Å²) in [7, 11) is 3.92. The Labute approximate surface area is 200 Å². The highest BCUT2D eigenvalue weighted by Crippen LogP contribution is 2.41. The van der Waals surface area contributed by atoms with E-state index in [0.717, 1.165) is 6.54 Å². The second kappa shape index (κ2) is 10.4. The van der Waals surface area contributed by atoms with Crippen molar-refractivity contribution in [3.63, 3.8) is 0 Å². The number of β-lactam (4-membered cyclic amide) rings is 1. The van der Waals surface area contributed by atoms with Crippen molar-refractivity contribution in [1.82, 2.24) is 30.0 Å². The Hall–Kier alpha value is -2.16. The number of amides is 1. The third-order valence-electron chi connectivity index (χ3n) is 4.91. The van der Waals surface area contributed by atoms with E-state index in [1.54, 1.807) is 25.5 Å². The lowest BCUT2D eigenvalue weighted by Crippen LogP contribution is -2.68. The van der Waals surface area contributed by atoms with E-state index in [4.69, 9.17) is 15.2 Å². The van der Waals surface area contributed by atoms with Crippen molar-refractivity contribution in [2.24, 2.45) is 11.1 Å². The third-order valence-corrected chi connectivity index (χ3v) is 7.31. The zero-order valence-corrected chi connectivity index (χ0v) is 20.9. The molecule has 14 heteroatoms. The first-order valence-corrected chi connectivity index (χ1v) is 12.3. The maximum atomic E-state index is 12.9. The molecule has 2 atom stereocenters. The summed E-state index contributed by atoms with van der Waals surface area (Å²) in [5.41, 5.74) is 6.03. The van der Waals surface area contributed by atoms with Gasteiger partial charge in [-0.05, 0) is 50.9 Å². The number of esters is 2. The smallest absolute Gasteiger partial charge is 0.357 e. The molecule has 1 saturated heterocycles. The first-order chi connectivity index (χ1) is 15.5. The highest BCUT2D eigenvalue weighted by atomic mass is 32.2. The van der Waals surface area contributed by atoms with Crippen LogP contribution in [0.15, 0.2) is 16.4 Å². The zero-order valence-electron chi connectivity index (χ0n) is 19.3. The highest BCUT2D eigenvalue weighted by Gasteiger charge is 2.52. The van der Waals surface area contributed by atoms with E-state index < -0.39 is 30.2 Å². The highest BCUT2D eigenvalue weighted by molar-refractivity contribution is 8.01. The summed E-state index contributed by atoms with van der Waals surface area (Å²) in [6.45, 7) is 5.95. The van der Waals surface area contributed by atoms with Gasteiger partial charge in [0.15, 0.2) is 0 Å². The molecule has 1 aromatic heterocycles. The molecule has 1 amide bonds. The molecule has 2 aliphatic rings. The molecular formula is C19H29N7O5S2. The lowest BCUT2D eigenvalue weighted by atomic mass is 9.98. The predicted molar refractivity (Wildman–Crippen MR) is 122 cm³/mol. The van der Waals surface area contributed by atoms with Crippen molar-refractivity contribution < 1.29 is 23.9 Å². The molecule has 0 saturated carbocycles. The van der Waals surface area contributed by atoms with Gasteiger partial charge in [0.25, 0.3) is 0 Å². The van der Waals surface area contributed by atoms with Crippen LogP contribution in [0.2, 0.25) is 0 Å². The van der Waals surface area contributed by atoms with Gasteiger partial charge in [0.1, 0.15) is 17.1 Å². The quantitative estimate of drug-likeness (QED) is 0.210. The maximum absolute atomic E-state index is 12.9.